The van der Waals surface area contributed by atoms with Gasteiger partial charge < -0.3 is 0 Å². The van der Waals surface area contributed by atoms with E-state index in [4.69, 9.17) is 0 Å². The van der Waals surface area contributed by atoms with E-state index < -0.39 is 0 Å². The van der Waals surface area contributed by atoms with E-state index in [2.05, 4.69) is 11.8 Å². The van der Waals surface area contributed by atoms with Crippen molar-refractivity contribution in [3.05, 3.63) is 0 Å². The van der Waals surface area contributed by atoms with Gasteiger partial charge in [-0.2, -0.15) is 0 Å². The molecule has 1 saturated heterocycles. The molecule has 1 aliphatic rings. The Balaban J connectivity index is 0.000000561. The second kappa shape index (κ2) is 6.18. The van der Waals surface area contributed by atoms with Crippen LogP contribution in [0.4, 0.5) is 0 Å². The fourth-order valence-electron chi connectivity index (χ4n) is 1.67. The minimum atomic E-state index is 0.241. The lowest BCUT2D eigenvalue weighted by atomic mass is 10.1. The van der Waals surface area contributed by atoms with E-state index in [1.54, 1.807) is 6.92 Å². The summed E-state index contributed by atoms with van der Waals surface area (Å²) in [7, 11) is 0. The molecule has 0 saturated carbocycles. The van der Waals surface area contributed by atoms with Crippen LogP contribution in [0.5, 0.6) is 0 Å². The van der Waals surface area contributed by atoms with Crippen molar-refractivity contribution < 1.29 is 4.79 Å². The molecule has 0 aliphatic carbocycles. The smallest absolute Gasteiger partial charge is 0.146 e. The Kier molecular flexibility index (Phi) is 5.99. The molecule has 0 aromatic rings. The summed E-state index contributed by atoms with van der Waals surface area (Å²) in [6.07, 6.45) is 2.27. The Morgan fingerprint density at radius 2 is 2.08 bits per heavy atom. The van der Waals surface area contributed by atoms with Gasteiger partial charge in [0.1, 0.15) is 5.78 Å². The van der Waals surface area contributed by atoms with Crippen LogP contribution in [0.1, 0.15) is 40.5 Å². The van der Waals surface area contributed by atoms with E-state index in [1.165, 1.54) is 6.42 Å². The van der Waals surface area contributed by atoms with Gasteiger partial charge in [-0.05, 0) is 32.9 Å². The maximum absolute atomic E-state index is 11.0. The second-order valence-corrected chi connectivity index (χ2v) is 2.90. The fourth-order valence-corrected chi connectivity index (χ4v) is 1.67. The highest BCUT2D eigenvalue weighted by Crippen LogP contribution is 2.16. The Morgan fingerprint density at radius 1 is 1.50 bits per heavy atom. The first-order chi connectivity index (χ1) is 5.75. The molecule has 0 amide bonds. The zero-order valence-electron chi connectivity index (χ0n) is 8.76. The number of carbonyl (C=O) groups excluding carboxylic acids is 1. The third-order valence-electron chi connectivity index (χ3n) is 2.24. The minimum Gasteiger partial charge on any atom is -0.298 e. The normalized spacial score (nSPS) is 23.2. The first kappa shape index (κ1) is 11.6. The lowest BCUT2D eigenvalue weighted by Crippen LogP contribution is -2.34. The van der Waals surface area contributed by atoms with Crippen LogP contribution in [0.3, 0.4) is 0 Å². The molecule has 0 spiro atoms. The first-order valence-corrected chi connectivity index (χ1v) is 5.00. The number of rotatable bonds is 2. The molecule has 0 radical (unpaired) electrons. The monoisotopic (exact) mass is 171 g/mol. The highest BCUT2D eigenvalue weighted by molar-refractivity contribution is 5.81. The molecule has 2 nitrogen and oxygen atoms in total. The SMILES string of the molecule is CC.CCN1CCC[C@H]1C(C)=O. The van der Waals surface area contributed by atoms with Crippen LogP contribution >= 0.6 is 0 Å². The van der Waals surface area contributed by atoms with Crippen molar-refractivity contribution in [2.45, 2.75) is 46.6 Å². The van der Waals surface area contributed by atoms with Crippen molar-refractivity contribution in [1.29, 1.82) is 0 Å². The molecular formula is C10H21NO. The van der Waals surface area contributed by atoms with Crippen molar-refractivity contribution in [2.75, 3.05) is 13.1 Å². The van der Waals surface area contributed by atoms with Crippen LogP contribution in [0, 0.1) is 0 Å². The van der Waals surface area contributed by atoms with Gasteiger partial charge in [0.25, 0.3) is 0 Å². The molecule has 0 bridgehead atoms. The van der Waals surface area contributed by atoms with Gasteiger partial charge in [-0.15, -0.1) is 0 Å². The van der Waals surface area contributed by atoms with Crippen molar-refractivity contribution in [2.24, 2.45) is 0 Å². The first-order valence-electron chi connectivity index (χ1n) is 5.00. The Bertz CT molecular complexity index is 134. The van der Waals surface area contributed by atoms with Gasteiger partial charge in [-0.1, -0.05) is 20.8 Å². The number of nitrogens with zero attached hydrogens (tertiary/aromatic N) is 1. The molecule has 1 aliphatic heterocycles. The quantitative estimate of drug-likeness (QED) is 0.634. The van der Waals surface area contributed by atoms with E-state index in [9.17, 15) is 4.79 Å². The summed E-state index contributed by atoms with van der Waals surface area (Å²) >= 11 is 0. The molecule has 1 fully saturated rings. The van der Waals surface area contributed by atoms with Gasteiger partial charge in [-0.25, -0.2) is 0 Å². The number of Topliss-reactive ketones (excluding diaryl/α,β-unsaturated/α-hetero) is 1. The van der Waals surface area contributed by atoms with Crippen LogP contribution in [-0.4, -0.2) is 29.8 Å². The van der Waals surface area contributed by atoms with Crippen molar-refractivity contribution in [3.8, 4) is 0 Å². The Morgan fingerprint density at radius 3 is 2.42 bits per heavy atom. The molecule has 1 atom stereocenters. The molecule has 72 valence electrons. The van der Waals surface area contributed by atoms with Crippen LogP contribution in [0.15, 0.2) is 0 Å². The molecule has 1 heterocycles. The van der Waals surface area contributed by atoms with Crippen molar-refractivity contribution >= 4 is 5.78 Å². The Hall–Kier alpha value is -0.370. The van der Waals surface area contributed by atoms with E-state index in [0.717, 1.165) is 19.5 Å². The summed E-state index contributed by atoms with van der Waals surface area (Å²) < 4.78 is 0. The molecule has 1 rings (SSSR count). The molecule has 12 heavy (non-hydrogen) atoms. The van der Waals surface area contributed by atoms with Gasteiger partial charge in [0.15, 0.2) is 0 Å². The summed E-state index contributed by atoms with van der Waals surface area (Å²) in [5.74, 6) is 0.333. The number of likely N-dealkylation sites (N-methyl/N-ethyl adjacent to an activating group) is 1. The van der Waals surface area contributed by atoms with Crippen LogP contribution in [-0.2, 0) is 4.79 Å². The predicted molar refractivity (Wildman–Crippen MR) is 52.3 cm³/mol. The average molecular weight is 171 g/mol. The average Bonchev–Trinajstić information content (AvgIpc) is 2.55. The molecule has 2 heteroatoms. The van der Waals surface area contributed by atoms with Crippen molar-refractivity contribution in [1.82, 2.24) is 4.90 Å². The van der Waals surface area contributed by atoms with E-state index in [1.807, 2.05) is 13.8 Å². The summed E-state index contributed by atoms with van der Waals surface area (Å²) in [4.78, 5) is 13.2. The fraction of sp³-hybridized carbons (Fsp3) is 0.900. The van der Waals surface area contributed by atoms with Gasteiger partial charge in [0, 0.05) is 0 Å². The number of hydrogen-bond acceptors (Lipinski definition) is 2. The van der Waals surface area contributed by atoms with Crippen LogP contribution in [0.2, 0.25) is 0 Å². The third kappa shape index (κ3) is 2.94. The summed E-state index contributed by atoms with van der Waals surface area (Å²) in [5, 5.41) is 0. The minimum absolute atomic E-state index is 0.241. The zero-order chi connectivity index (χ0) is 9.56. The van der Waals surface area contributed by atoms with E-state index in [0.29, 0.717) is 5.78 Å². The van der Waals surface area contributed by atoms with Crippen molar-refractivity contribution in [3.63, 3.8) is 0 Å². The van der Waals surface area contributed by atoms with Crippen LogP contribution < -0.4 is 0 Å². The Labute approximate surface area is 75.9 Å². The predicted octanol–water partition coefficient (Wildman–Crippen LogP) is 2.09. The maximum atomic E-state index is 11.0. The van der Waals surface area contributed by atoms with Gasteiger partial charge in [0.05, 0.1) is 6.04 Å². The summed E-state index contributed by atoms with van der Waals surface area (Å²) in [6, 6.07) is 0.241. The second-order valence-electron chi connectivity index (χ2n) is 2.90. The summed E-state index contributed by atoms with van der Waals surface area (Å²) in [5.41, 5.74) is 0. The topological polar surface area (TPSA) is 20.3 Å². The van der Waals surface area contributed by atoms with Gasteiger partial charge >= 0.3 is 0 Å². The lowest BCUT2D eigenvalue weighted by molar-refractivity contribution is -0.121. The van der Waals surface area contributed by atoms with Gasteiger partial charge in [-0.3, -0.25) is 9.69 Å². The zero-order valence-corrected chi connectivity index (χ0v) is 8.76. The molecule has 0 aromatic heterocycles. The van der Waals surface area contributed by atoms with Crippen LogP contribution in [0.25, 0.3) is 0 Å². The highest BCUT2D eigenvalue weighted by Gasteiger charge is 2.25. The number of likely N-dealkylation sites (tertiary alicyclic amines) is 1. The number of carbonyl (C=O) groups is 1. The largest absolute Gasteiger partial charge is 0.298 e. The number of ketones is 1. The number of hydrogen-bond donors (Lipinski definition) is 0. The van der Waals surface area contributed by atoms with E-state index >= 15 is 0 Å². The standard InChI is InChI=1S/C8H15NO.C2H6/c1-3-9-6-4-5-8(9)7(2)10;1-2/h8H,3-6H2,1-2H3;1-2H3/t8-;/m0./s1. The van der Waals surface area contributed by atoms with E-state index in [-0.39, 0.29) is 6.04 Å². The lowest BCUT2D eigenvalue weighted by Gasteiger charge is -2.19. The molecule has 0 aromatic carbocycles. The molecule has 0 unspecified atom stereocenters. The third-order valence-corrected chi connectivity index (χ3v) is 2.24. The summed E-state index contributed by atoms with van der Waals surface area (Å²) in [6.45, 7) is 9.94. The highest BCUT2D eigenvalue weighted by atomic mass is 16.1. The maximum Gasteiger partial charge on any atom is 0.146 e. The molecular weight excluding hydrogens is 150 g/mol. The molecule has 0 N–H and O–H groups in total. The van der Waals surface area contributed by atoms with Gasteiger partial charge in [0.2, 0.25) is 0 Å².